The van der Waals surface area contributed by atoms with E-state index >= 15 is 0 Å². The molecule has 1 unspecified atom stereocenters. The van der Waals surface area contributed by atoms with Crippen LogP contribution in [-0.4, -0.2) is 37.0 Å². The van der Waals surface area contributed by atoms with E-state index in [1.54, 1.807) is 6.92 Å². The summed E-state index contributed by atoms with van der Waals surface area (Å²) in [7, 11) is 3.31. The molecule has 0 fully saturated rings. The lowest BCUT2D eigenvalue weighted by atomic mass is 10.2. The molecule has 19 heavy (non-hydrogen) atoms. The lowest BCUT2D eigenvalue weighted by molar-refractivity contribution is -0.124. The van der Waals surface area contributed by atoms with Gasteiger partial charge in [0.15, 0.2) is 0 Å². The van der Waals surface area contributed by atoms with E-state index in [0.717, 1.165) is 10.0 Å². The molecule has 1 aromatic carbocycles. The number of rotatable bonds is 4. The molecule has 0 aliphatic heterocycles. The van der Waals surface area contributed by atoms with Crippen molar-refractivity contribution in [3.8, 4) is 0 Å². The maximum atomic E-state index is 11.8. The van der Waals surface area contributed by atoms with Crippen LogP contribution in [0.4, 0.5) is 4.79 Å². The molecule has 1 aromatic rings. The summed E-state index contributed by atoms with van der Waals surface area (Å²) in [4.78, 5) is 24.8. The average molecular weight is 328 g/mol. The number of nitrogens with zero attached hydrogens (tertiary/aromatic N) is 1. The summed E-state index contributed by atoms with van der Waals surface area (Å²) in [6.45, 7) is 2.37. The molecule has 104 valence electrons. The number of hydrogen-bond acceptors (Lipinski definition) is 3. The van der Waals surface area contributed by atoms with E-state index in [1.807, 2.05) is 36.2 Å². The van der Waals surface area contributed by atoms with Gasteiger partial charge in [-0.1, -0.05) is 34.1 Å². The fourth-order valence-corrected chi connectivity index (χ4v) is 1.92. The average Bonchev–Trinajstić information content (AvgIpc) is 2.40. The number of carbonyl (C=O) groups excluding carboxylic acids is 2. The molecule has 0 aromatic heterocycles. The van der Waals surface area contributed by atoms with Crippen LogP contribution in [0.5, 0.6) is 0 Å². The Kier molecular flexibility index (Phi) is 5.98. The zero-order valence-electron chi connectivity index (χ0n) is 11.2. The zero-order valence-corrected chi connectivity index (χ0v) is 12.8. The first-order valence-electron chi connectivity index (χ1n) is 5.92. The Labute approximate surface area is 121 Å². The van der Waals surface area contributed by atoms with E-state index < -0.39 is 12.1 Å². The minimum absolute atomic E-state index is 0.325. The number of amides is 3. The highest BCUT2D eigenvalue weighted by atomic mass is 79.9. The van der Waals surface area contributed by atoms with E-state index in [0.29, 0.717) is 6.54 Å². The zero-order chi connectivity index (χ0) is 14.4. The number of hydrogen-bond donors (Lipinski definition) is 2. The van der Waals surface area contributed by atoms with Crippen molar-refractivity contribution in [2.24, 2.45) is 0 Å². The molecule has 0 aliphatic rings. The van der Waals surface area contributed by atoms with Crippen molar-refractivity contribution in [3.05, 3.63) is 34.3 Å². The second kappa shape index (κ2) is 7.25. The van der Waals surface area contributed by atoms with Crippen LogP contribution >= 0.6 is 15.9 Å². The molecule has 0 bridgehead atoms. The Bertz CT molecular complexity index is 465. The summed E-state index contributed by atoms with van der Waals surface area (Å²) in [5.74, 6) is -0.325. The van der Waals surface area contributed by atoms with Gasteiger partial charge < -0.3 is 5.32 Å². The van der Waals surface area contributed by atoms with E-state index in [-0.39, 0.29) is 5.91 Å². The van der Waals surface area contributed by atoms with Crippen molar-refractivity contribution in [1.29, 1.82) is 0 Å². The van der Waals surface area contributed by atoms with Crippen LogP contribution in [0.3, 0.4) is 0 Å². The van der Waals surface area contributed by atoms with Gasteiger partial charge in [-0.25, -0.2) is 4.79 Å². The summed E-state index contributed by atoms with van der Waals surface area (Å²) < 4.78 is 1.00. The van der Waals surface area contributed by atoms with Crippen LogP contribution in [0.2, 0.25) is 0 Å². The summed E-state index contributed by atoms with van der Waals surface area (Å²) in [6, 6.07) is 6.94. The molecule has 6 heteroatoms. The number of halogens is 1. The van der Waals surface area contributed by atoms with Gasteiger partial charge in [-0.3, -0.25) is 15.0 Å². The number of nitrogens with one attached hydrogen (secondary N) is 2. The van der Waals surface area contributed by atoms with Crippen molar-refractivity contribution >= 4 is 27.9 Å². The number of carbonyl (C=O) groups is 2. The Morgan fingerprint density at radius 3 is 2.58 bits per heavy atom. The molecule has 1 atom stereocenters. The van der Waals surface area contributed by atoms with Gasteiger partial charge in [0.1, 0.15) is 0 Å². The van der Waals surface area contributed by atoms with Crippen LogP contribution in [0.15, 0.2) is 28.7 Å². The quantitative estimate of drug-likeness (QED) is 0.885. The first-order valence-corrected chi connectivity index (χ1v) is 6.71. The lowest BCUT2D eigenvalue weighted by Gasteiger charge is -2.24. The Balaban J connectivity index is 2.62. The topological polar surface area (TPSA) is 61.4 Å². The van der Waals surface area contributed by atoms with Crippen LogP contribution in [-0.2, 0) is 11.3 Å². The standard InChI is InChI=1S/C13H18BrN3O2/c1-9(12(18)16-13(19)15-2)17(3)8-10-6-4-5-7-11(10)14/h4-7,9H,8H2,1-3H3,(H2,15,16,18,19). The normalized spacial score (nSPS) is 12.1. The largest absolute Gasteiger partial charge is 0.341 e. The smallest absolute Gasteiger partial charge is 0.321 e. The van der Waals surface area contributed by atoms with E-state index in [2.05, 4.69) is 26.6 Å². The Morgan fingerprint density at radius 1 is 1.37 bits per heavy atom. The van der Waals surface area contributed by atoms with Gasteiger partial charge in [-0.05, 0) is 25.6 Å². The third-order valence-electron chi connectivity index (χ3n) is 2.88. The molecular weight excluding hydrogens is 310 g/mol. The van der Waals surface area contributed by atoms with Crippen LogP contribution in [0.25, 0.3) is 0 Å². The van der Waals surface area contributed by atoms with Gasteiger partial charge in [0.05, 0.1) is 6.04 Å². The molecular formula is C13H18BrN3O2. The summed E-state index contributed by atoms with van der Waals surface area (Å²) in [5.41, 5.74) is 1.09. The number of likely N-dealkylation sites (N-methyl/N-ethyl adjacent to an activating group) is 1. The van der Waals surface area contributed by atoms with Crippen molar-refractivity contribution in [1.82, 2.24) is 15.5 Å². The maximum Gasteiger partial charge on any atom is 0.321 e. The van der Waals surface area contributed by atoms with Gasteiger partial charge in [0, 0.05) is 18.1 Å². The minimum atomic E-state index is -0.494. The molecule has 1 rings (SSSR count). The monoisotopic (exact) mass is 327 g/mol. The summed E-state index contributed by atoms with van der Waals surface area (Å²) >= 11 is 3.47. The highest BCUT2D eigenvalue weighted by Gasteiger charge is 2.20. The van der Waals surface area contributed by atoms with Crippen LogP contribution < -0.4 is 10.6 Å². The fraction of sp³-hybridized carbons (Fsp3) is 0.385. The highest BCUT2D eigenvalue weighted by molar-refractivity contribution is 9.10. The highest BCUT2D eigenvalue weighted by Crippen LogP contribution is 2.18. The molecule has 2 N–H and O–H groups in total. The first kappa shape index (κ1) is 15.7. The van der Waals surface area contributed by atoms with Gasteiger partial charge in [0.25, 0.3) is 0 Å². The number of urea groups is 1. The maximum absolute atomic E-state index is 11.8. The van der Waals surface area contributed by atoms with Crippen molar-refractivity contribution < 1.29 is 9.59 Å². The van der Waals surface area contributed by atoms with E-state index in [9.17, 15) is 9.59 Å². The number of imide groups is 1. The molecule has 0 radical (unpaired) electrons. The van der Waals surface area contributed by atoms with Gasteiger partial charge in [-0.15, -0.1) is 0 Å². The molecule has 0 saturated carbocycles. The third-order valence-corrected chi connectivity index (χ3v) is 3.66. The summed E-state index contributed by atoms with van der Waals surface area (Å²) in [6.07, 6.45) is 0. The van der Waals surface area contributed by atoms with E-state index in [4.69, 9.17) is 0 Å². The SMILES string of the molecule is CNC(=O)NC(=O)C(C)N(C)Cc1ccccc1Br. The molecule has 5 nitrogen and oxygen atoms in total. The number of benzene rings is 1. The fourth-order valence-electron chi connectivity index (χ4n) is 1.51. The van der Waals surface area contributed by atoms with E-state index in [1.165, 1.54) is 7.05 Å². The van der Waals surface area contributed by atoms with Crippen molar-refractivity contribution in [2.45, 2.75) is 19.5 Å². The van der Waals surface area contributed by atoms with Crippen molar-refractivity contribution in [3.63, 3.8) is 0 Å². The van der Waals surface area contributed by atoms with Crippen molar-refractivity contribution in [2.75, 3.05) is 14.1 Å². The van der Waals surface area contributed by atoms with Gasteiger partial charge in [0.2, 0.25) is 5.91 Å². The van der Waals surface area contributed by atoms with Gasteiger partial charge in [-0.2, -0.15) is 0 Å². The van der Waals surface area contributed by atoms with Crippen LogP contribution in [0.1, 0.15) is 12.5 Å². The summed E-state index contributed by atoms with van der Waals surface area (Å²) in [5, 5.41) is 4.62. The lowest BCUT2D eigenvalue weighted by Crippen LogP contribution is -2.47. The first-order chi connectivity index (χ1) is 8.95. The Hall–Kier alpha value is -1.40. The van der Waals surface area contributed by atoms with Crippen LogP contribution in [0, 0.1) is 0 Å². The third kappa shape index (κ3) is 4.65. The molecule has 0 heterocycles. The predicted octanol–water partition coefficient (Wildman–Crippen LogP) is 1.73. The molecule has 3 amide bonds. The minimum Gasteiger partial charge on any atom is -0.341 e. The molecule has 0 saturated heterocycles. The molecule has 0 spiro atoms. The second-order valence-electron chi connectivity index (χ2n) is 4.25. The van der Waals surface area contributed by atoms with Gasteiger partial charge >= 0.3 is 6.03 Å². The Morgan fingerprint density at radius 2 is 2.00 bits per heavy atom. The predicted molar refractivity (Wildman–Crippen MR) is 77.7 cm³/mol. The second-order valence-corrected chi connectivity index (χ2v) is 5.11. The molecule has 0 aliphatic carbocycles.